The second-order valence-corrected chi connectivity index (χ2v) is 5.29. The summed E-state index contributed by atoms with van der Waals surface area (Å²) in [6.07, 6.45) is 1.83. The smallest absolute Gasteiger partial charge is 0.260 e. The molecule has 0 spiro atoms. The number of carbonyl (C=O) groups is 2. The van der Waals surface area contributed by atoms with Crippen LogP contribution in [0.4, 0.5) is 0 Å². The number of amides is 2. The monoisotopic (exact) mass is 245 g/mol. The van der Waals surface area contributed by atoms with E-state index in [4.69, 9.17) is 0 Å². The molecule has 96 valence electrons. The van der Waals surface area contributed by atoms with Crippen molar-refractivity contribution in [3.63, 3.8) is 0 Å². The summed E-state index contributed by atoms with van der Waals surface area (Å²) in [5, 5.41) is 0. The molecule has 2 rings (SSSR count). The van der Waals surface area contributed by atoms with E-state index in [1.165, 1.54) is 4.90 Å². The average molecular weight is 245 g/mol. The van der Waals surface area contributed by atoms with Crippen LogP contribution in [0, 0.1) is 0 Å². The Kier molecular flexibility index (Phi) is 3.24. The summed E-state index contributed by atoms with van der Waals surface area (Å²) in [7, 11) is 0. The van der Waals surface area contributed by atoms with Gasteiger partial charge in [-0.15, -0.1) is 0 Å². The van der Waals surface area contributed by atoms with E-state index in [2.05, 4.69) is 6.92 Å². The maximum atomic E-state index is 12.4. The number of fused-ring (bicyclic) bond motifs is 1. The molecule has 0 N–H and O–H groups in total. The topological polar surface area (TPSA) is 37.4 Å². The van der Waals surface area contributed by atoms with Gasteiger partial charge in [0, 0.05) is 12.1 Å². The number of imide groups is 1. The number of rotatable bonds is 3. The third-order valence-corrected chi connectivity index (χ3v) is 3.59. The Morgan fingerprint density at radius 1 is 1.17 bits per heavy atom. The summed E-state index contributed by atoms with van der Waals surface area (Å²) in [4.78, 5) is 26.2. The van der Waals surface area contributed by atoms with Crippen LogP contribution in [-0.4, -0.2) is 23.3 Å². The molecule has 1 aliphatic rings. The Bertz CT molecular complexity index is 491. The quantitative estimate of drug-likeness (QED) is 0.768. The highest BCUT2D eigenvalue weighted by Crippen LogP contribution is 2.34. The van der Waals surface area contributed by atoms with Gasteiger partial charge in [-0.05, 0) is 31.9 Å². The van der Waals surface area contributed by atoms with Gasteiger partial charge in [-0.2, -0.15) is 0 Å². The maximum Gasteiger partial charge on any atom is 0.260 e. The average Bonchev–Trinajstić information content (AvgIpc) is 2.37. The van der Waals surface area contributed by atoms with Gasteiger partial charge in [0.1, 0.15) is 0 Å². The Balaban J connectivity index is 2.47. The first-order valence-electron chi connectivity index (χ1n) is 6.46. The lowest BCUT2D eigenvalue weighted by molar-refractivity contribution is -0.134. The normalized spacial score (nSPS) is 17.8. The van der Waals surface area contributed by atoms with Gasteiger partial charge in [-0.25, -0.2) is 0 Å². The van der Waals surface area contributed by atoms with Gasteiger partial charge >= 0.3 is 0 Å². The standard InChI is InChI=1S/C15H19NO2/c1-4-5-10-16-13(17)11-8-6-7-9-12(11)15(2,3)14(16)18/h6-9H,4-5,10H2,1-3H3. The molecule has 0 fully saturated rings. The fourth-order valence-electron chi connectivity index (χ4n) is 2.42. The molecule has 0 bridgehead atoms. The maximum absolute atomic E-state index is 12.4. The predicted octanol–water partition coefficient (Wildman–Crippen LogP) is 2.75. The lowest BCUT2D eigenvalue weighted by Crippen LogP contribution is -2.52. The summed E-state index contributed by atoms with van der Waals surface area (Å²) in [6, 6.07) is 7.41. The SMILES string of the molecule is CCCCN1C(=O)c2ccccc2C(C)(C)C1=O. The molecular weight excluding hydrogens is 226 g/mol. The molecule has 0 radical (unpaired) electrons. The molecule has 2 amide bonds. The van der Waals surface area contributed by atoms with Crippen molar-refractivity contribution in [2.24, 2.45) is 0 Å². The van der Waals surface area contributed by atoms with E-state index in [1.54, 1.807) is 0 Å². The predicted molar refractivity (Wildman–Crippen MR) is 70.4 cm³/mol. The molecule has 18 heavy (non-hydrogen) atoms. The van der Waals surface area contributed by atoms with Gasteiger partial charge in [0.25, 0.3) is 5.91 Å². The van der Waals surface area contributed by atoms with Crippen LogP contribution in [-0.2, 0) is 10.2 Å². The van der Waals surface area contributed by atoms with Crippen LogP contribution in [0.25, 0.3) is 0 Å². The molecule has 0 unspecified atom stereocenters. The van der Waals surface area contributed by atoms with Crippen molar-refractivity contribution in [3.05, 3.63) is 35.4 Å². The summed E-state index contributed by atoms with van der Waals surface area (Å²) in [5.74, 6) is -0.233. The summed E-state index contributed by atoms with van der Waals surface area (Å²) in [5.41, 5.74) is 0.893. The van der Waals surface area contributed by atoms with Gasteiger partial charge in [0.05, 0.1) is 5.41 Å². The number of benzene rings is 1. The Labute approximate surface area is 108 Å². The molecule has 0 saturated heterocycles. The van der Waals surface area contributed by atoms with Crippen LogP contribution in [0.5, 0.6) is 0 Å². The van der Waals surface area contributed by atoms with Crippen molar-refractivity contribution in [1.29, 1.82) is 0 Å². The Hall–Kier alpha value is -1.64. The third kappa shape index (κ3) is 1.84. The van der Waals surface area contributed by atoms with E-state index in [0.29, 0.717) is 12.1 Å². The fraction of sp³-hybridized carbons (Fsp3) is 0.467. The summed E-state index contributed by atoms with van der Waals surface area (Å²) in [6.45, 7) is 6.35. The van der Waals surface area contributed by atoms with E-state index in [-0.39, 0.29) is 11.8 Å². The number of hydrogen-bond acceptors (Lipinski definition) is 2. The van der Waals surface area contributed by atoms with E-state index in [0.717, 1.165) is 18.4 Å². The van der Waals surface area contributed by atoms with Crippen LogP contribution in [0.2, 0.25) is 0 Å². The molecule has 0 saturated carbocycles. The van der Waals surface area contributed by atoms with Crippen LogP contribution >= 0.6 is 0 Å². The molecule has 0 aromatic heterocycles. The van der Waals surface area contributed by atoms with E-state index in [9.17, 15) is 9.59 Å². The molecular formula is C15H19NO2. The highest BCUT2D eigenvalue weighted by Gasteiger charge is 2.43. The first-order valence-corrected chi connectivity index (χ1v) is 6.46. The first kappa shape index (κ1) is 12.8. The molecule has 1 aliphatic heterocycles. The van der Waals surface area contributed by atoms with Crippen molar-refractivity contribution in [2.45, 2.75) is 39.0 Å². The number of nitrogens with zero attached hydrogens (tertiary/aromatic N) is 1. The van der Waals surface area contributed by atoms with Gasteiger partial charge in [-0.1, -0.05) is 31.5 Å². The first-order chi connectivity index (χ1) is 8.50. The summed E-state index contributed by atoms with van der Waals surface area (Å²) < 4.78 is 0. The molecule has 1 heterocycles. The van der Waals surface area contributed by atoms with Gasteiger partial charge < -0.3 is 0 Å². The van der Waals surface area contributed by atoms with Crippen LogP contribution in [0.15, 0.2) is 24.3 Å². The van der Waals surface area contributed by atoms with Crippen LogP contribution < -0.4 is 0 Å². The zero-order chi connectivity index (χ0) is 13.3. The number of unbranched alkanes of at least 4 members (excludes halogenated alkanes) is 1. The molecule has 0 aliphatic carbocycles. The number of carbonyl (C=O) groups excluding carboxylic acids is 2. The Morgan fingerprint density at radius 2 is 1.83 bits per heavy atom. The van der Waals surface area contributed by atoms with E-state index in [1.807, 2.05) is 38.1 Å². The molecule has 3 nitrogen and oxygen atoms in total. The van der Waals surface area contributed by atoms with Crippen LogP contribution in [0.1, 0.15) is 49.5 Å². The van der Waals surface area contributed by atoms with E-state index < -0.39 is 5.41 Å². The lowest BCUT2D eigenvalue weighted by Gasteiger charge is -2.37. The second kappa shape index (κ2) is 4.56. The van der Waals surface area contributed by atoms with Crippen molar-refractivity contribution < 1.29 is 9.59 Å². The zero-order valence-corrected chi connectivity index (χ0v) is 11.2. The van der Waals surface area contributed by atoms with E-state index >= 15 is 0 Å². The molecule has 0 atom stereocenters. The second-order valence-electron chi connectivity index (χ2n) is 5.29. The summed E-state index contributed by atoms with van der Waals surface area (Å²) >= 11 is 0. The van der Waals surface area contributed by atoms with Crippen molar-refractivity contribution in [1.82, 2.24) is 4.90 Å². The highest BCUT2D eigenvalue weighted by molar-refractivity contribution is 6.12. The van der Waals surface area contributed by atoms with Crippen LogP contribution in [0.3, 0.4) is 0 Å². The van der Waals surface area contributed by atoms with Crippen molar-refractivity contribution >= 4 is 11.8 Å². The van der Waals surface area contributed by atoms with Crippen molar-refractivity contribution in [2.75, 3.05) is 6.54 Å². The minimum absolute atomic E-state index is 0.0837. The Morgan fingerprint density at radius 3 is 2.50 bits per heavy atom. The fourth-order valence-corrected chi connectivity index (χ4v) is 2.42. The number of hydrogen-bond donors (Lipinski definition) is 0. The molecule has 3 heteroatoms. The molecule has 1 aromatic rings. The minimum atomic E-state index is -0.613. The van der Waals surface area contributed by atoms with Gasteiger partial charge in [-0.3, -0.25) is 14.5 Å². The molecule has 1 aromatic carbocycles. The largest absolute Gasteiger partial charge is 0.278 e. The highest BCUT2D eigenvalue weighted by atomic mass is 16.2. The minimum Gasteiger partial charge on any atom is -0.278 e. The van der Waals surface area contributed by atoms with Crippen molar-refractivity contribution in [3.8, 4) is 0 Å². The third-order valence-electron chi connectivity index (χ3n) is 3.59. The van der Waals surface area contributed by atoms with Gasteiger partial charge in [0.15, 0.2) is 0 Å². The van der Waals surface area contributed by atoms with Gasteiger partial charge in [0.2, 0.25) is 5.91 Å². The lowest BCUT2D eigenvalue weighted by atomic mass is 9.77. The zero-order valence-electron chi connectivity index (χ0n) is 11.2.